The number of rotatable bonds is 5. The molecule has 1 aromatic rings. The van der Waals surface area contributed by atoms with Crippen molar-refractivity contribution in [3.63, 3.8) is 0 Å². The first-order valence-corrected chi connectivity index (χ1v) is 5.91. The van der Waals surface area contributed by atoms with Gasteiger partial charge in [0, 0.05) is 6.54 Å². The first-order chi connectivity index (χ1) is 6.89. The van der Waals surface area contributed by atoms with Gasteiger partial charge in [0.25, 0.3) is 10.0 Å². The third-order valence-corrected chi connectivity index (χ3v) is 2.42. The summed E-state index contributed by atoms with van der Waals surface area (Å²) in [6.07, 6.45) is 0. The van der Waals surface area contributed by atoms with E-state index in [0.29, 0.717) is 18.8 Å². The van der Waals surface area contributed by atoms with Crippen molar-refractivity contribution in [2.24, 2.45) is 5.14 Å². The lowest BCUT2D eigenvalue weighted by Gasteiger charge is -2.00. The summed E-state index contributed by atoms with van der Waals surface area (Å²) in [4.78, 5) is 0. The van der Waals surface area contributed by atoms with Crippen molar-refractivity contribution in [1.82, 2.24) is 5.32 Å². The fourth-order valence-electron chi connectivity index (χ4n) is 1.01. The van der Waals surface area contributed by atoms with Crippen LogP contribution in [0.3, 0.4) is 0 Å². The number of sulfonamides is 1. The van der Waals surface area contributed by atoms with Gasteiger partial charge in [-0.3, -0.25) is 0 Å². The Bertz CT molecular complexity index is 448. The third kappa shape index (κ3) is 3.86. The minimum atomic E-state index is -3.74. The monoisotopic (exact) mass is 230 g/mol. The average molecular weight is 230 g/mol. The number of hydrogen-bond donors (Lipinski definition) is 2. The molecule has 0 aromatic carbocycles. The van der Waals surface area contributed by atoms with Gasteiger partial charge in [-0.1, -0.05) is 12.2 Å². The van der Waals surface area contributed by atoms with E-state index in [1.165, 1.54) is 6.07 Å². The molecule has 5 nitrogen and oxygen atoms in total. The zero-order chi connectivity index (χ0) is 11.5. The van der Waals surface area contributed by atoms with Crippen molar-refractivity contribution < 1.29 is 12.8 Å². The lowest BCUT2D eigenvalue weighted by atomic mass is 10.3. The predicted octanol–water partition coefficient (Wildman–Crippen LogP) is 0.593. The highest BCUT2D eigenvalue weighted by atomic mass is 32.2. The van der Waals surface area contributed by atoms with E-state index in [9.17, 15) is 8.42 Å². The van der Waals surface area contributed by atoms with Gasteiger partial charge in [0.15, 0.2) is 0 Å². The topological polar surface area (TPSA) is 85.3 Å². The molecule has 1 heterocycles. The zero-order valence-electron chi connectivity index (χ0n) is 8.49. The summed E-state index contributed by atoms with van der Waals surface area (Å²) in [6.45, 7) is 6.72. The Labute approximate surface area is 89.0 Å². The van der Waals surface area contributed by atoms with Crippen molar-refractivity contribution in [1.29, 1.82) is 0 Å². The molecule has 1 aromatic heterocycles. The van der Waals surface area contributed by atoms with E-state index in [4.69, 9.17) is 9.56 Å². The molecule has 0 fully saturated rings. The van der Waals surface area contributed by atoms with E-state index in [2.05, 4.69) is 11.9 Å². The predicted molar refractivity (Wildman–Crippen MR) is 56.6 cm³/mol. The summed E-state index contributed by atoms with van der Waals surface area (Å²) in [5.41, 5.74) is 0.994. The molecule has 0 saturated carbocycles. The fourth-order valence-corrected chi connectivity index (χ4v) is 1.49. The summed E-state index contributed by atoms with van der Waals surface area (Å²) in [7, 11) is -3.74. The Kier molecular flexibility index (Phi) is 3.67. The van der Waals surface area contributed by atoms with Crippen LogP contribution < -0.4 is 10.5 Å². The highest BCUT2D eigenvalue weighted by molar-refractivity contribution is 7.89. The van der Waals surface area contributed by atoms with Crippen LogP contribution >= 0.6 is 0 Å². The molecule has 3 N–H and O–H groups in total. The Hall–Kier alpha value is -1.11. The van der Waals surface area contributed by atoms with Gasteiger partial charge in [-0.2, -0.15) is 0 Å². The van der Waals surface area contributed by atoms with E-state index >= 15 is 0 Å². The fraction of sp³-hybridized carbons (Fsp3) is 0.333. The Balaban J connectivity index is 2.58. The lowest BCUT2D eigenvalue weighted by Crippen LogP contribution is -2.15. The van der Waals surface area contributed by atoms with Gasteiger partial charge in [0.2, 0.25) is 5.09 Å². The molecule has 0 unspecified atom stereocenters. The quantitative estimate of drug-likeness (QED) is 0.725. The maximum absolute atomic E-state index is 10.9. The van der Waals surface area contributed by atoms with E-state index in [0.717, 1.165) is 5.57 Å². The Morgan fingerprint density at radius 1 is 1.60 bits per heavy atom. The minimum absolute atomic E-state index is 0.213. The summed E-state index contributed by atoms with van der Waals surface area (Å²) in [5.74, 6) is 0.528. The van der Waals surface area contributed by atoms with Crippen LogP contribution in [0.2, 0.25) is 0 Å². The number of hydrogen-bond acceptors (Lipinski definition) is 4. The molecule has 1 rings (SSSR count). The molecule has 0 spiro atoms. The van der Waals surface area contributed by atoms with Crippen LogP contribution in [0.5, 0.6) is 0 Å². The standard InChI is InChI=1S/C9H14N2O3S/c1-7(2)5-11-6-8-3-4-9(14-8)15(10,12)13/h3-4,11H,1,5-6H2,2H3,(H2,10,12,13). The Morgan fingerprint density at radius 3 is 2.73 bits per heavy atom. The molecule has 84 valence electrons. The molecule has 0 radical (unpaired) electrons. The van der Waals surface area contributed by atoms with Gasteiger partial charge in [-0.15, -0.1) is 0 Å². The average Bonchev–Trinajstić information content (AvgIpc) is 2.51. The van der Waals surface area contributed by atoms with Crippen LogP contribution in [0.25, 0.3) is 0 Å². The first kappa shape index (κ1) is 12.0. The zero-order valence-corrected chi connectivity index (χ0v) is 9.30. The maximum atomic E-state index is 10.9. The van der Waals surface area contributed by atoms with Crippen LogP contribution in [0.1, 0.15) is 12.7 Å². The second kappa shape index (κ2) is 4.61. The van der Waals surface area contributed by atoms with Crippen LogP contribution in [0.15, 0.2) is 33.8 Å². The van der Waals surface area contributed by atoms with E-state index in [-0.39, 0.29) is 5.09 Å². The van der Waals surface area contributed by atoms with Crippen molar-refractivity contribution in [3.05, 3.63) is 30.0 Å². The van der Waals surface area contributed by atoms with E-state index < -0.39 is 10.0 Å². The number of furan rings is 1. The molecule has 0 saturated heterocycles. The van der Waals surface area contributed by atoms with Crippen LogP contribution in [0, 0.1) is 0 Å². The summed E-state index contributed by atoms with van der Waals surface area (Å²) in [6, 6.07) is 2.91. The van der Waals surface area contributed by atoms with Gasteiger partial charge in [-0.25, -0.2) is 13.6 Å². The molecule has 0 amide bonds. The van der Waals surface area contributed by atoms with Crippen molar-refractivity contribution in [2.75, 3.05) is 6.54 Å². The number of nitrogens with two attached hydrogens (primary N) is 1. The van der Waals surface area contributed by atoms with Crippen LogP contribution in [0.4, 0.5) is 0 Å². The molecule has 0 atom stereocenters. The highest BCUT2D eigenvalue weighted by Gasteiger charge is 2.12. The smallest absolute Gasteiger partial charge is 0.271 e. The molecule has 15 heavy (non-hydrogen) atoms. The van der Waals surface area contributed by atoms with Crippen molar-refractivity contribution in [3.8, 4) is 0 Å². The lowest BCUT2D eigenvalue weighted by molar-refractivity contribution is 0.405. The molecule has 0 aliphatic rings. The molecule has 0 bridgehead atoms. The molecule has 0 aliphatic heterocycles. The minimum Gasteiger partial charge on any atom is -0.447 e. The summed E-state index contributed by atoms with van der Waals surface area (Å²) >= 11 is 0. The molecular formula is C9H14N2O3S. The third-order valence-electron chi connectivity index (χ3n) is 1.64. The molecular weight excluding hydrogens is 216 g/mol. The highest BCUT2D eigenvalue weighted by Crippen LogP contribution is 2.11. The Morgan fingerprint density at radius 2 is 2.27 bits per heavy atom. The SMILES string of the molecule is C=C(C)CNCc1ccc(S(N)(=O)=O)o1. The van der Waals surface area contributed by atoms with Gasteiger partial charge in [-0.05, 0) is 19.1 Å². The van der Waals surface area contributed by atoms with Crippen LogP contribution in [-0.2, 0) is 16.6 Å². The number of primary sulfonamides is 1. The van der Waals surface area contributed by atoms with Crippen LogP contribution in [-0.4, -0.2) is 15.0 Å². The second-order valence-corrected chi connectivity index (χ2v) is 4.82. The maximum Gasteiger partial charge on any atom is 0.271 e. The second-order valence-electron chi connectivity index (χ2n) is 3.33. The molecule has 0 aliphatic carbocycles. The van der Waals surface area contributed by atoms with Gasteiger partial charge in [0.05, 0.1) is 6.54 Å². The summed E-state index contributed by atoms with van der Waals surface area (Å²) < 4.78 is 26.8. The largest absolute Gasteiger partial charge is 0.447 e. The van der Waals surface area contributed by atoms with Crippen molar-refractivity contribution >= 4 is 10.0 Å². The molecule has 6 heteroatoms. The van der Waals surface area contributed by atoms with Crippen molar-refractivity contribution in [2.45, 2.75) is 18.6 Å². The van der Waals surface area contributed by atoms with Gasteiger partial charge < -0.3 is 9.73 Å². The first-order valence-electron chi connectivity index (χ1n) is 4.36. The van der Waals surface area contributed by atoms with E-state index in [1.54, 1.807) is 6.07 Å². The van der Waals surface area contributed by atoms with E-state index in [1.807, 2.05) is 6.92 Å². The van der Waals surface area contributed by atoms with Gasteiger partial charge in [0.1, 0.15) is 5.76 Å². The summed E-state index contributed by atoms with van der Waals surface area (Å²) in [5, 5.41) is 7.71. The number of nitrogens with one attached hydrogen (secondary N) is 1. The van der Waals surface area contributed by atoms with Gasteiger partial charge >= 0.3 is 0 Å². The normalized spacial score (nSPS) is 11.6.